The van der Waals surface area contributed by atoms with Crippen LogP contribution in [0.25, 0.3) is 20.2 Å². The summed E-state index contributed by atoms with van der Waals surface area (Å²) in [5.41, 5.74) is 4.73. The quantitative estimate of drug-likeness (QED) is 0.323. The van der Waals surface area contributed by atoms with E-state index in [1.807, 2.05) is 12.1 Å². The van der Waals surface area contributed by atoms with Gasteiger partial charge in [-0.2, -0.15) is 13.2 Å². The van der Waals surface area contributed by atoms with Gasteiger partial charge in [-0.3, -0.25) is 4.79 Å². The lowest BCUT2D eigenvalue weighted by Crippen LogP contribution is -2.47. The Morgan fingerprint density at radius 1 is 0.882 bits per heavy atom. The van der Waals surface area contributed by atoms with Gasteiger partial charge in [-0.1, -0.05) is 12.1 Å². The molecule has 178 valence electrons. The summed E-state index contributed by atoms with van der Waals surface area (Å²) in [5, 5.41) is 19.8. The number of alkyl halides is 3. The molecule has 0 spiro atoms. The first kappa shape index (κ1) is 24.2. The van der Waals surface area contributed by atoms with Gasteiger partial charge in [0.15, 0.2) is 5.43 Å². The van der Waals surface area contributed by atoms with E-state index in [9.17, 15) is 28.2 Å². The molecule has 3 aromatic carbocycles. The van der Waals surface area contributed by atoms with Gasteiger partial charge >= 0.3 is 6.18 Å². The topological polar surface area (TPSA) is 92.8 Å². The van der Waals surface area contributed by atoms with Crippen molar-refractivity contribution < 1.29 is 28.1 Å². The predicted octanol–water partition coefficient (Wildman–Crippen LogP) is 4.84. The van der Waals surface area contributed by atoms with Crippen LogP contribution in [0.1, 0.15) is 17.5 Å². The van der Waals surface area contributed by atoms with Gasteiger partial charge in [0.2, 0.25) is 0 Å². The zero-order chi connectivity index (χ0) is 24.5. The number of nitrogens with two attached hydrogens (primary N) is 1. The van der Waals surface area contributed by atoms with Crippen molar-refractivity contribution in [1.29, 1.82) is 0 Å². The molecule has 0 atom stereocenters. The molecule has 4 N–H and O–H groups in total. The molecule has 0 amide bonds. The van der Waals surface area contributed by atoms with Crippen LogP contribution in [0.3, 0.4) is 0 Å². The number of benzene rings is 3. The first-order valence-electron chi connectivity index (χ1n) is 10.5. The van der Waals surface area contributed by atoms with E-state index in [0.717, 1.165) is 22.4 Å². The number of aryl methyl sites for hydroxylation is 1. The van der Waals surface area contributed by atoms with Crippen LogP contribution in [0, 0.1) is 0 Å². The van der Waals surface area contributed by atoms with Crippen molar-refractivity contribution in [1.82, 2.24) is 0 Å². The van der Waals surface area contributed by atoms with E-state index in [0.29, 0.717) is 34.1 Å². The van der Waals surface area contributed by atoms with E-state index < -0.39 is 17.3 Å². The fraction of sp³-hybridized carbons (Fsp3) is 0.240. The minimum Gasteiger partial charge on any atom is -0.457 e. The Labute approximate surface area is 196 Å². The normalized spacial score (nSPS) is 12.4. The second-order valence-corrected chi connectivity index (χ2v) is 9.31. The molecule has 1 aromatic heterocycles. The van der Waals surface area contributed by atoms with Crippen LogP contribution in [-0.2, 0) is 12.6 Å². The lowest BCUT2D eigenvalue weighted by Gasteiger charge is -2.24. The van der Waals surface area contributed by atoms with Crippen molar-refractivity contribution in [3.63, 3.8) is 0 Å². The number of aliphatic hydroxyl groups is 2. The van der Waals surface area contributed by atoms with Gasteiger partial charge in [-0.15, -0.1) is 11.3 Å². The van der Waals surface area contributed by atoms with Gasteiger partial charge in [-0.05, 0) is 66.9 Å². The average Bonchev–Trinajstić information content (AvgIpc) is 2.82. The summed E-state index contributed by atoms with van der Waals surface area (Å²) in [4.78, 5) is 13.1. The number of hydrogen-bond acceptors (Lipinski definition) is 6. The molecule has 0 radical (unpaired) electrons. The molecule has 0 unspecified atom stereocenters. The van der Waals surface area contributed by atoms with Gasteiger partial charge in [0.05, 0.1) is 24.3 Å². The van der Waals surface area contributed by atoms with Crippen molar-refractivity contribution in [2.24, 2.45) is 5.73 Å². The summed E-state index contributed by atoms with van der Waals surface area (Å²) >= 11 is 1.37. The maximum absolute atomic E-state index is 13.1. The highest BCUT2D eigenvalue weighted by atomic mass is 32.1. The molecule has 0 bridgehead atoms. The highest BCUT2D eigenvalue weighted by Crippen LogP contribution is 2.34. The maximum Gasteiger partial charge on any atom is 0.416 e. The maximum atomic E-state index is 13.1. The van der Waals surface area contributed by atoms with E-state index in [-0.39, 0.29) is 24.4 Å². The number of halogens is 3. The first-order chi connectivity index (χ1) is 16.1. The summed E-state index contributed by atoms with van der Waals surface area (Å²) in [6.45, 7) is -0.691. The molecule has 0 aliphatic heterocycles. The third-order valence-electron chi connectivity index (χ3n) is 5.64. The zero-order valence-electron chi connectivity index (χ0n) is 17.9. The summed E-state index contributed by atoms with van der Waals surface area (Å²) < 4.78 is 45.9. The Kier molecular flexibility index (Phi) is 6.64. The lowest BCUT2D eigenvalue weighted by atomic mass is 9.93. The van der Waals surface area contributed by atoms with E-state index in [2.05, 4.69) is 0 Å². The fourth-order valence-corrected chi connectivity index (χ4v) is 4.65. The summed E-state index contributed by atoms with van der Waals surface area (Å²) in [5.74, 6) is 0.374. The summed E-state index contributed by atoms with van der Waals surface area (Å²) in [6, 6.07) is 14.9. The number of ether oxygens (including phenoxy) is 1. The van der Waals surface area contributed by atoms with E-state index in [1.165, 1.54) is 23.5 Å². The first-order valence-corrected chi connectivity index (χ1v) is 11.3. The van der Waals surface area contributed by atoms with Crippen LogP contribution in [-0.4, -0.2) is 29.0 Å². The average molecular weight is 490 g/mol. The van der Waals surface area contributed by atoms with Crippen LogP contribution in [0.15, 0.2) is 65.5 Å². The van der Waals surface area contributed by atoms with Crippen molar-refractivity contribution in [3.8, 4) is 11.5 Å². The second kappa shape index (κ2) is 9.34. The van der Waals surface area contributed by atoms with Crippen LogP contribution in [0.2, 0.25) is 0 Å². The Morgan fingerprint density at radius 2 is 1.62 bits per heavy atom. The molecule has 0 saturated carbocycles. The van der Waals surface area contributed by atoms with Crippen molar-refractivity contribution in [2.75, 3.05) is 13.2 Å². The SMILES string of the molecule is NC(CO)(CO)CCc1ccc2sc3cc(Oc4cccc(C(F)(F)F)c4)ccc3c(=O)c2c1. The monoisotopic (exact) mass is 489 g/mol. The van der Waals surface area contributed by atoms with E-state index in [1.54, 1.807) is 24.3 Å². The highest BCUT2D eigenvalue weighted by Gasteiger charge is 2.30. The molecule has 1 heterocycles. The van der Waals surface area contributed by atoms with Crippen LogP contribution in [0.4, 0.5) is 13.2 Å². The Hall–Kier alpha value is -2.98. The molecule has 4 rings (SSSR count). The molecule has 5 nitrogen and oxygen atoms in total. The minimum absolute atomic E-state index is 0.0497. The van der Waals surface area contributed by atoms with E-state index >= 15 is 0 Å². The number of hydrogen-bond donors (Lipinski definition) is 3. The molecule has 0 fully saturated rings. The van der Waals surface area contributed by atoms with Crippen LogP contribution >= 0.6 is 11.3 Å². The van der Waals surface area contributed by atoms with Crippen LogP contribution in [0.5, 0.6) is 11.5 Å². The number of rotatable bonds is 7. The third-order valence-corrected chi connectivity index (χ3v) is 6.78. The number of aliphatic hydroxyl groups excluding tert-OH is 2. The van der Waals surface area contributed by atoms with Crippen molar-refractivity contribution in [3.05, 3.63) is 82.0 Å². The molecule has 9 heteroatoms. The molecule has 4 aromatic rings. The second-order valence-electron chi connectivity index (χ2n) is 8.23. The molecule has 0 aliphatic rings. The van der Waals surface area contributed by atoms with Gasteiger partial charge in [-0.25, -0.2) is 0 Å². The molecule has 0 saturated heterocycles. The minimum atomic E-state index is -4.47. The van der Waals surface area contributed by atoms with Crippen LogP contribution < -0.4 is 15.9 Å². The molecule has 34 heavy (non-hydrogen) atoms. The Morgan fingerprint density at radius 3 is 2.32 bits per heavy atom. The Bertz CT molecular complexity index is 1400. The van der Waals surface area contributed by atoms with E-state index in [4.69, 9.17) is 10.5 Å². The predicted molar refractivity (Wildman–Crippen MR) is 127 cm³/mol. The van der Waals surface area contributed by atoms with Gasteiger partial charge in [0, 0.05) is 20.2 Å². The van der Waals surface area contributed by atoms with Gasteiger partial charge in [0.1, 0.15) is 11.5 Å². The molecular weight excluding hydrogens is 467 g/mol. The number of fused-ring (bicyclic) bond motifs is 2. The smallest absolute Gasteiger partial charge is 0.416 e. The molecular formula is C25H22F3NO4S. The van der Waals surface area contributed by atoms with Crippen molar-refractivity contribution >= 4 is 31.5 Å². The lowest BCUT2D eigenvalue weighted by molar-refractivity contribution is -0.137. The molecule has 0 aliphatic carbocycles. The highest BCUT2D eigenvalue weighted by molar-refractivity contribution is 7.24. The Balaban J connectivity index is 1.64. The summed E-state index contributed by atoms with van der Waals surface area (Å²) in [6.07, 6.45) is -3.63. The fourth-order valence-electron chi connectivity index (χ4n) is 3.57. The zero-order valence-corrected chi connectivity index (χ0v) is 18.7. The third kappa shape index (κ3) is 5.07. The van der Waals surface area contributed by atoms with Crippen molar-refractivity contribution in [2.45, 2.75) is 24.6 Å². The largest absolute Gasteiger partial charge is 0.457 e. The standard InChI is InChI=1S/C25H22F3NO4S/c26-25(27,28)16-2-1-3-17(11-16)33-18-5-6-19-22(12-18)34-21-7-4-15(10-20(21)23(19)32)8-9-24(29,13-30)14-31/h1-7,10-12,30-31H,8-9,13-14,29H2. The van der Waals surface area contributed by atoms with Gasteiger partial charge < -0.3 is 20.7 Å². The van der Waals surface area contributed by atoms with Gasteiger partial charge in [0.25, 0.3) is 0 Å². The summed E-state index contributed by atoms with van der Waals surface area (Å²) in [7, 11) is 0.